The van der Waals surface area contributed by atoms with E-state index in [1.807, 2.05) is 0 Å². The molecule has 6 nitrogen and oxygen atoms in total. The summed E-state index contributed by atoms with van der Waals surface area (Å²) in [5.41, 5.74) is -0.800. The molecule has 1 amide bonds. The molecule has 6 heteroatoms. The number of amides is 1. The van der Waals surface area contributed by atoms with Gasteiger partial charge in [0.15, 0.2) is 0 Å². The van der Waals surface area contributed by atoms with Gasteiger partial charge in [0.1, 0.15) is 0 Å². The third-order valence-electron chi connectivity index (χ3n) is 3.11. The van der Waals surface area contributed by atoms with Crippen molar-refractivity contribution < 1.29 is 9.90 Å². The first-order valence-electron chi connectivity index (χ1n) is 5.61. The normalized spacial score (nSPS) is 19.0. The van der Waals surface area contributed by atoms with Crippen molar-refractivity contribution in [2.24, 2.45) is 0 Å². The average Bonchev–Trinajstić information content (AvgIpc) is 2.81. The Bertz CT molecular complexity index is 394. The number of hydrogen-bond donors (Lipinski definition) is 1. The van der Waals surface area contributed by atoms with E-state index in [1.54, 1.807) is 22.0 Å². The Hall–Kier alpha value is -1.69. The van der Waals surface area contributed by atoms with Gasteiger partial charge in [0.2, 0.25) is 5.91 Å². The van der Waals surface area contributed by atoms with E-state index in [4.69, 9.17) is 0 Å². The predicted molar refractivity (Wildman–Crippen MR) is 61.0 cm³/mol. The Labute approximate surface area is 99.5 Å². The van der Waals surface area contributed by atoms with Crippen molar-refractivity contribution in [1.82, 2.24) is 19.9 Å². The van der Waals surface area contributed by atoms with Crippen molar-refractivity contribution >= 4 is 5.91 Å². The fraction of sp³-hybridized carbons (Fsp3) is 0.545. The van der Waals surface area contributed by atoms with Gasteiger partial charge in [-0.15, -0.1) is 5.10 Å². The summed E-state index contributed by atoms with van der Waals surface area (Å²) in [7, 11) is 0. The first-order valence-corrected chi connectivity index (χ1v) is 5.61. The minimum Gasteiger partial charge on any atom is -0.388 e. The molecule has 0 spiro atoms. The molecule has 0 atom stereocenters. The molecule has 0 radical (unpaired) electrons. The second-order valence-electron chi connectivity index (χ2n) is 4.35. The van der Waals surface area contributed by atoms with E-state index >= 15 is 0 Å². The van der Waals surface area contributed by atoms with Crippen LogP contribution in [0.15, 0.2) is 25.0 Å². The lowest BCUT2D eigenvalue weighted by atomic mass is 9.91. The molecule has 1 fully saturated rings. The Kier molecular flexibility index (Phi) is 3.23. The highest BCUT2D eigenvalue weighted by atomic mass is 16.3. The molecule has 92 valence electrons. The third kappa shape index (κ3) is 2.71. The summed E-state index contributed by atoms with van der Waals surface area (Å²) in [6.07, 6.45) is 5.71. The molecule has 1 aliphatic heterocycles. The van der Waals surface area contributed by atoms with Gasteiger partial charge in [0.05, 0.1) is 18.3 Å². The van der Waals surface area contributed by atoms with Crippen LogP contribution in [0.25, 0.3) is 0 Å². The van der Waals surface area contributed by atoms with Crippen LogP contribution < -0.4 is 0 Å². The van der Waals surface area contributed by atoms with Crippen LogP contribution in [0.1, 0.15) is 12.8 Å². The quantitative estimate of drug-likeness (QED) is 0.739. The summed E-state index contributed by atoms with van der Waals surface area (Å²) in [4.78, 5) is 13.1. The third-order valence-corrected chi connectivity index (χ3v) is 3.11. The molecule has 0 aliphatic carbocycles. The fourth-order valence-corrected chi connectivity index (χ4v) is 2.05. The van der Waals surface area contributed by atoms with Gasteiger partial charge in [0, 0.05) is 19.3 Å². The molecule has 17 heavy (non-hydrogen) atoms. The Morgan fingerprint density at radius 2 is 2.24 bits per heavy atom. The van der Waals surface area contributed by atoms with Crippen LogP contribution in [0.4, 0.5) is 0 Å². The van der Waals surface area contributed by atoms with Crippen molar-refractivity contribution in [2.75, 3.05) is 13.1 Å². The van der Waals surface area contributed by atoms with E-state index in [0.717, 1.165) is 0 Å². The number of carbonyl (C=O) groups is 1. The maximum absolute atomic E-state index is 11.4. The van der Waals surface area contributed by atoms with Gasteiger partial charge in [0.25, 0.3) is 0 Å². The molecule has 2 rings (SSSR count). The van der Waals surface area contributed by atoms with Crippen LogP contribution in [0, 0.1) is 0 Å². The lowest BCUT2D eigenvalue weighted by Gasteiger charge is -2.37. The molecule has 0 aromatic carbocycles. The van der Waals surface area contributed by atoms with Crippen molar-refractivity contribution in [3.8, 4) is 0 Å². The van der Waals surface area contributed by atoms with Crippen molar-refractivity contribution in [1.29, 1.82) is 0 Å². The predicted octanol–water partition coefficient (Wildman–Crippen LogP) is -0.182. The van der Waals surface area contributed by atoms with Crippen molar-refractivity contribution in [3.05, 3.63) is 25.0 Å². The van der Waals surface area contributed by atoms with E-state index in [0.29, 0.717) is 32.5 Å². The van der Waals surface area contributed by atoms with Crippen LogP contribution >= 0.6 is 0 Å². The van der Waals surface area contributed by atoms with E-state index in [-0.39, 0.29) is 5.91 Å². The smallest absolute Gasteiger partial charge is 0.245 e. The molecule has 1 N–H and O–H groups in total. The Balaban J connectivity index is 1.93. The van der Waals surface area contributed by atoms with Crippen LogP contribution in [-0.4, -0.2) is 49.6 Å². The highest BCUT2D eigenvalue weighted by molar-refractivity contribution is 5.87. The number of aromatic nitrogens is 3. The number of rotatable bonds is 3. The highest BCUT2D eigenvalue weighted by Gasteiger charge is 2.33. The largest absolute Gasteiger partial charge is 0.388 e. The topological polar surface area (TPSA) is 71.2 Å². The molecule has 1 saturated heterocycles. The number of hydrogen-bond acceptors (Lipinski definition) is 4. The number of aliphatic hydroxyl groups is 1. The minimum atomic E-state index is -0.800. The van der Waals surface area contributed by atoms with Crippen LogP contribution in [0.3, 0.4) is 0 Å². The number of nitrogens with zero attached hydrogens (tertiary/aromatic N) is 4. The van der Waals surface area contributed by atoms with Crippen molar-refractivity contribution in [2.45, 2.75) is 25.0 Å². The van der Waals surface area contributed by atoms with Gasteiger partial charge in [-0.1, -0.05) is 11.8 Å². The van der Waals surface area contributed by atoms with E-state index in [2.05, 4.69) is 16.9 Å². The molecule has 0 saturated carbocycles. The van der Waals surface area contributed by atoms with Crippen LogP contribution in [-0.2, 0) is 11.3 Å². The van der Waals surface area contributed by atoms with Gasteiger partial charge in [-0.25, -0.2) is 4.68 Å². The number of carbonyl (C=O) groups excluding carboxylic acids is 1. The maximum atomic E-state index is 11.4. The average molecular weight is 236 g/mol. The maximum Gasteiger partial charge on any atom is 0.245 e. The second kappa shape index (κ2) is 4.67. The lowest BCUT2D eigenvalue weighted by molar-refractivity contribution is -0.130. The SMILES string of the molecule is C=CC(=O)N1CCC(O)(Cn2ccnn2)CC1. The molecule has 1 aromatic rings. The zero-order valence-corrected chi connectivity index (χ0v) is 9.62. The number of piperidine rings is 1. The van der Waals surface area contributed by atoms with Gasteiger partial charge in [-0.05, 0) is 18.9 Å². The van der Waals surface area contributed by atoms with Gasteiger partial charge in [-0.3, -0.25) is 4.79 Å². The fourth-order valence-electron chi connectivity index (χ4n) is 2.05. The zero-order valence-electron chi connectivity index (χ0n) is 9.62. The molecule has 1 aromatic heterocycles. The van der Waals surface area contributed by atoms with Crippen LogP contribution in [0.5, 0.6) is 0 Å². The summed E-state index contributed by atoms with van der Waals surface area (Å²) in [6, 6.07) is 0. The van der Waals surface area contributed by atoms with E-state index in [1.165, 1.54) is 6.08 Å². The zero-order chi connectivity index (χ0) is 12.3. The first kappa shape index (κ1) is 11.8. The monoisotopic (exact) mass is 236 g/mol. The molecular formula is C11H16N4O2. The summed E-state index contributed by atoms with van der Waals surface area (Å²) in [5.74, 6) is -0.0761. The van der Waals surface area contributed by atoms with Crippen molar-refractivity contribution in [3.63, 3.8) is 0 Å². The second-order valence-corrected chi connectivity index (χ2v) is 4.35. The molecular weight excluding hydrogens is 220 g/mol. The lowest BCUT2D eigenvalue weighted by Crippen LogP contribution is -2.48. The first-order chi connectivity index (χ1) is 8.13. The Morgan fingerprint density at radius 3 is 2.76 bits per heavy atom. The summed E-state index contributed by atoms with van der Waals surface area (Å²) in [6.45, 7) is 4.98. The van der Waals surface area contributed by atoms with Gasteiger partial charge in [-0.2, -0.15) is 0 Å². The van der Waals surface area contributed by atoms with Crippen LogP contribution in [0.2, 0.25) is 0 Å². The molecule has 0 bridgehead atoms. The minimum absolute atomic E-state index is 0.0761. The van der Waals surface area contributed by atoms with Gasteiger partial charge >= 0.3 is 0 Å². The standard InChI is InChI=1S/C11H16N4O2/c1-2-10(16)14-6-3-11(17,4-7-14)9-15-8-5-12-13-15/h2,5,8,17H,1,3-4,6-7,9H2. The van der Waals surface area contributed by atoms with E-state index < -0.39 is 5.60 Å². The summed E-state index contributed by atoms with van der Waals surface area (Å²) < 4.78 is 1.62. The van der Waals surface area contributed by atoms with E-state index in [9.17, 15) is 9.90 Å². The molecule has 0 unspecified atom stereocenters. The number of likely N-dealkylation sites (tertiary alicyclic amines) is 1. The van der Waals surface area contributed by atoms with Gasteiger partial charge < -0.3 is 10.0 Å². The molecule has 2 heterocycles. The highest BCUT2D eigenvalue weighted by Crippen LogP contribution is 2.23. The molecule has 1 aliphatic rings. The summed E-state index contributed by atoms with van der Waals surface area (Å²) in [5, 5.41) is 17.9. The summed E-state index contributed by atoms with van der Waals surface area (Å²) >= 11 is 0. The Morgan fingerprint density at radius 1 is 1.53 bits per heavy atom.